The second-order valence-corrected chi connectivity index (χ2v) is 12.3. The van der Waals surface area contributed by atoms with Gasteiger partial charge >= 0.3 is 0 Å². The summed E-state index contributed by atoms with van der Waals surface area (Å²) in [6.45, 7) is 1.76. The molecule has 0 fully saturated rings. The predicted octanol–water partition coefficient (Wildman–Crippen LogP) is 7.95. The number of rotatable bonds is 10. The summed E-state index contributed by atoms with van der Waals surface area (Å²) < 4.78 is 13.5. The topological polar surface area (TPSA) is 111 Å². The number of anilines is 2. The summed E-state index contributed by atoms with van der Waals surface area (Å²) >= 11 is 2.59. The molecular weight excluding hydrogens is 620 g/mol. The molecule has 0 spiro atoms. The number of thiophene rings is 1. The Hall–Kier alpha value is -5.50. The number of amides is 3. The molecule has 0 saturated carbocycles. The third-order valence-corrected chi connectivity index (χ3v) is 8.70. The molecule has 4 aromatic carbocycles. The number of benzene rings is 4. The first-order valence-electron chi connectivity index (χ1n) is 14.1. The van der Waals surface area contributed by atoms with E-state index >= 15 is 0 Å². The molecule has 10 heteroatoms. The summed E-state index contributed by atoms with van der Waals surface area (Å²) in [6.07, 6.45) is 1.46. The molecule has 1 atom stereocenters. The summed E-state index contributed by atoms with van der Waals surface area (Å²) in [5, 5.41) is 20.0. The zero-order valence-corrected chi connectivity index (χ0v) is 26.1. The summed E-state index contributed by atoms with van der Waals surface area (Å²) in [6, 6.07) is 32.7. The Kier molecular flexibility index (Phi) is 10.4. The van der Waals surface area contributed by atoms with Crippen molar-refractivity contribution in [2.24, 2.45) is 0 Å². The van der Waals surface area contributed by atoms with Crippen LogP contribution >= 0.6 is 23.1 Å². The molecule has 3 N–H and O–H groups in total. The van der Waals surface area contributed by atoms with Crippen molar-refractivity contribution in [3.05, 3.63) is 143 Å². The molecule has 0 saturated heterocycles. The van der Waals surface area contributed by atoms with Gasteiger partial charge in [-0.3, -0.25) is 14.4 Å². The number of nitrogens with one attached hydrogen (secondary N) is 3. The molecule has 3 amide bonds. The van der Waals surface area contributed by atoms with E-state index in [1.165, 1.54) is 53.4 Å². The Balaban J connectivity index is 1.28. The smallest absolute Gasteiger partial charge is 0.272 e. The van der Waals surface area contributed by atoms with E-state index in [0.29, 0.717) is 27.4 Å². The van der Waals surface area contributed by atoms with Crippen molar-refractivity contribution in [2.45, 2.75) is 17.1 Å². The number of nitriles is 1. The van der Waals surface area contributed by atoms with E-state index in [9.17, 15) is 24.0 Å². The lowest BCUT2D eigenvalue weighted by Gasteiger charge is -2.14. The van der Waals surface area contributed by atoms with Crippen molar-refractivity contribution in [3.63, 3.8) is 0 Å². The molecule has 5 aromatic rings. The summed E-state index contributed by atoms with van der Waals surface area (Å²) in [5.74, 6) is -1.76. The van der Waals surface area contributed by atoms with Crippen LogP contribution in [-0.2, 0) is 9.59 Å². The number of halogens is 1. The highest BCUT2D eigenvalue weighted by Crippen LogP contribution is 2.36. The lowest BCUT2D eigenvalue weighted by atomic mass is 10.1. The van der Waals surface area contributed by atoms with Gasteiger partial charge in [0, 0.05) is 27.1 Å². The Labute approximate surface area is 273 Å². The van der Waals surface area contributed by atoms with E-state index in [4.69, 9.17) is 0 Å². The molecular formula is C36H27FN4O3S2. The van der Waals surface area contributed by atoms with Crippen LogP contribution in [0, 0.1) is 17.1 Å². The predicted molar refractivity (Wildman–Crippen MR) is 182 cm³/mol. The summed E-state index contributed by atoms with van der Waals surface area (Å²) in [5.41, 5.74) is 3.36. The van der Waals surface area contributed by atoms with Gasteiger partial charge in [-0.15, -0.1) is 23.1 Å². The van der Waals surface area contributed by atoms with Gasteiger partial charge in [0.2, 0.25) is 5.91 Å². The first-order chi connectivity index (χ1) is 22.3. The van der Waals surface area contributed by atoms with E-state index in [1.807, 2.05) is 41.8 Å². The second-order valence-electron chi connectivity index (χ2n) is 9.99. The largest absolute Gasteiger partial charge is 0.321 e. The average Bonchev–Trinajstić information content (AvgIpc) is 3.48. The van der Waals surface area contributed by atoms with Gasteiger partial charge in [-0.05, 0) is 66.6 Å². The number of hydrogen-bond donors (Lipinski definition) is 3. The lowest BCUT2D eigenvalue weighted by molar-refractivity contribution is -0.115. The SMILES string of the molecule is CC(Sc1cccc(NC(=O)/C(=C\c2ccc(F)cc2)NC(=O)c2ccccc2)c1)C(=O)Nc1scc(-c2ccccc2)c1C#N. The van der Waals surface area contributed by atoms with Gasteiger partial charge in [-0.25, -0.2) is 4.39 Å². The first-order valence-corrected chi connectivity index (χ1v) is 15.9. The van der Waals surface area contributed by atoms with Crippen LogP contribution < -0.4 is 16.0 Å². The molecule has 46 heavy (non-hydrogen) atoms. The zero-order valence-electron chi connectivity index (χ0n) is 24.5. The van der Waals surface area contributed by atoms with Crippen molar-refractivity contribution in [3.8, 4) is 17.2 Å². The highest BCUT2D eigenvalue weighted by Gasteiger charge is 2.20. The summed E-state index contributed by atoms with van der Waals surface area (Å²) in [4.78, 5) is 40.1. The van der Waals surface area contributed by atoms with Crippen molar-refractivity contribution in [2.75, 3.05) is 10.6 Å². The zero-order chi connectivity index (χ0) is 32.5. The molecule has 1 aromatic heterocycles. The van der Waals surface area contributed by atoms with Gasteiger partial charge in [0.25, 0.3) is 11.8 Å². The highest BCUT2D eigenvalue weighted by molar-refractivity contribution is 8.00. The van der Waals surface area contributed by atoms with Crippen LogP contribution in [0.4, 0.5) is 15.1 Å². The van der Waals surface area contributed by atoms with Crippen LogP contribution in [0.2, 0.25) is 0 Å². The van der Waals surface area contributed by atoms with E-state index in [-0.39, 0.29) is 11.6 Å². The molecule has 0 aliphatic carbocycles. The van der Waals surface area contributed by atoms with Gasteiger partial charge in [0.1, 0.15) is 22.6 Å². The van der Waals surface area contributed by atoms with Gasteiger partial charge in [-0.1, -0.05) is 66.7 Å². The van der Waals surface area contributed by atoms with Crippen molar-refractivity contribution >= 4 is 57.6 Å². The number of carbonyl (C=O) groups is 3. The quantitative estimate of drug-likeness (QED) is 0.105. The van der Waals surface area contributed by atoms with Gasteiger partial charge in [0.15, 0.2) is 0 Å². The standard InChI is InChI=1S/C36H27FN4O3S2/c1-23(33(42)41-36-30(21-38)31(22-45-36)25-9-4-2-5-10-25)46-29-14-8-13-28(20-29)39-35(44)32(19-24-15-17-27(37)18-16-24)40-34(43)26-11-6-3-7-12-26/h2-20,22-23H,1H3,(H,39,44)(H,40,43)(H,41,42)/b32-19+. The van der Waals surface area contributed by atoms with Gasteiger partial charge in [-0.2, -0.15) is 5.26 Å². The molecule has 1 heterocycles. The number of thioether (sulfide) groups is 1. The molecule has 228 valence electrons. The Morgan fingerprint density at radius 1 is 0.891 bits per heavy atom. The Morgan fingerprint density at radius 3 is 2.28 bits per heavy atom. The molecule has 0 radical (unpaired) electrons. The summed E-state index contributed by atoms with van der Waals surface area (Å²) in [7, 11) is 0. The molecule has 7 nitrogen and oxygen atoms in total. The molecule has 0 bridgehead atoms. The number of carbonyl (C=O) groups excluding carboxylic acids is 3. The average molecular weight is 647 g/mol. The Morgan fingerprint density at radius 2 is 1.59 bits per heavy atom. The Bertz CT molecular complexity index is 1940. The van der Waals surface area contributed by atoms with Crippen LogP contribution in [0.25, 0.3) is 17.2 Å². The van der Waals surface area contributed by atoms with Gasteiger partial charge < -0.3 is 16.0 Å². The second kappa shape index (κ2) is 15.0. The number of hydrogen-bond acceptors (Lipinski definition) is 6. The van der Waals surface area contributed by atoms with Crippen LogP contribution in [-0.4, -0.2) is 23.0 Å². The molecule has 0 aliphatic rings. The van der Waals surface area contributed by atoms with Gasteiger partial charge in [0.05, 0.1) is 10.8 Å². The molecule has 1 unspecified atom stereocenters. The van der Waals surface area contributed by atoms with Crippen LogP contribution in [0.1, 0.15) is 28.4 Å². The van der Waals surface area contributed by atoms with Crippen LogP contribution in [0.15, 0.2) is 125 Å². The van der Waals surface area contributed by atoms with E-state index < -0.39 is 22.9 Å². The number of nitrogens with zero attached hydrogens (tertiary/aromatic N) is 1. The maximum absolute atomic E-state index is 13.5. The molecule has 0 aliphatic heterocycles. The van der Waals surface area contributed by atoms with E-state index in [0.717, 1.165) is 16.0 Å². The highest BCUT2D eigenvalue weighted by atomic mass is 32.2. The maximum atomic E-state index is 13.5. The van der Waals surface area contributed by atoms with E-state index in [1.54, 1.807) is 55.5 Å². The lowest BCUT2D eigenvalue weighted by Crippen LogP contribution is -2.30. The molecule has 5 rings (SSSR count). The minimum absolute atomic E-state index is 0.0367. The van der Waals surface area contributed by atoms with Crippen LogP contribution in [0.3, 0.4) is 0 Å². The minimum Gasteiger partial charge on any atom is -0.321 e. The van der Waals surface area contributed by atoms with Crippen molar-refractivity contribution < 1.29 is 18.8 Å². The fourth-order valence-electron chi connectivity index (χ4n) is 4.38. The maximum Gasteiger partial charge on any atom is 0.272 e. The van der Waals surface area contributed by atoms with Crippen molar-refractivity contribution in [1.82, 2.24) is 5.32 Å². The first kappa shape index (κ1) is 31.9. The fraction of sp³-hybridized carbons (Fsp3) is 0.0556. The minimum atomic E-state index is -0.586. The normalized spacial score (nSPS) is 11.6. The third kappa shape index (κ3) is 8.15. The fourth-order valence-corrected chi connectivity index (χ4v) is 6.22. The van der Waals surface area contributed by atoms with E-state index in [2.05, 4.69) is 22.0 Å². The monoisotopic (exact) mass is 646 g/mol. The third-order valence-electron chi connectivity index (χ3n) is 6.71. The van der Waals surface area contributed by atoms with Crippen LogP contribution in [0.5, 0.6) is 0 Å². The van der Waals surface area contributed by atoms with Crippen molar-refractivity contribution in [1.29, 1.82) is 5.26 Å².